The number of carbonyl (C=O) groups excluding carboxylic acids is 3. The number of anilines is 1. The van der Waals surface area contributed by atoms with Crippen LogP contribution in [0.4, 0.5) is 5.69 Å². The van der Waals surface area contributed by atoms with Gasteiger partial charge in [-0.1, -0.05) is 37.5 Å². The molecule has 0 radical (unpaired) electrons. The number of ether oxygens (including phenoxy) is 2. The first-order chi connectivity index (χ1) is 14.5. The molecule has 1 unspecified atom stereocenters. The van der Waals surface area contributed by atoms with Gasteiger partial charge in [-0.15, -0.1) is 0 Å². The number of fused-ring (bicyclic) bond motifs is 1. The lowest BCUT2D eigenvalue weighted by Gasteiger charge is -2.34. The molecule has 2 amide bonds. The maximum Gasteiger partial charge on any atom is 0.302 e. The standard InChI is InChI=1S/C23H32N2O5/c1-17(26)29-15-13-25(18-8-3-2-4-9-18)23(28)12-7-14-30-21-16-22(27)24-20-11-6-5-10-19(20)21/h5-6,10-11,18,21H,2-4,7-9,12-16H2,1H3,(H,24,27). The molecule has 1 saturated carbocycles. The molecule has 164 valence electrons. The van der Waals surface area contributed by atoms with Gasteiger partial charge in [-0.2, -0.15) is 0 Å². The Hall–Kier alpha value is -2.41. The Labute approximate surface area is 178 Å². The van der Waals surface area contributed by atoms with E-state index < -0.39 is 0 Å². The number of carbonyl (C=O) groups is 3. The Morgan fingerprint density at radius 2 is 1.90 bits per heavy atom. The second kappa shape index (κ2) is 11.1. The smallest absolute Gasteiger partial charge is 0.302 e. The molecule has 0 saturated heterocycles. The van der Waals surface area contributed by atoms with Crippen molar-refractivity contribution in [3.63, 3.8) is 0 Å². The number of nitrogens with one attached hydrogen (secondary N) is 1. The Balaban J connectivity index is 1.48. The highest BCUT2D eigenvalue weighted by Gasteiger charge is 2.27. The van der Waals surface area contributed by atoms with Crippen molar-refractivity contribution in [2.24, 2.45) is 0 Å². The summed E-state index contributed by atoms with van der Waals surface area (Å²) in [6.45, 7) is 2.48. The van der Waals surface area contributed by atoms with Crippen LogP contribution in [0.15, 0.2) is 24.3 Å². The molecule has 3 rings (SSSR count). The third-order valence-electron chi connectivity index (χ3n) is 5.78. The van der Waals surface area contributed by atoms with Crippen LogP contribution >= 0.6 is 0 Å². The van der Waals surface area contributed by atoms with Gasteiger partial charge in [0.2, 0.25) is 11.8 Å². The van der Waals surface area contributed by atoms with Gasteiger partial charge in [0, 0.05) is 37.2 Å². The zero-order valence-corrected chi connectivity index (χ0v) is 17.7. The Kier molecular flexibility index (Phi) is 8.25. The van der Waals surface area contributed by atoms with Crippen LogP contribution in [-0.2, 0) is 23.9 Å². The lowest BCUT2D eigenvalue weighted by molar-refractivity contribution is -0.145. The minimum atomic E-state index is -0.323. The largest absolute Gasteiger partial charge is 0.464 e. The number of benzene rings is 1. The van der Waals surface area contributed by atoms with Crippen molar-refractivity contribution in [3.05, 3.63) is 29.8 Å². The van der Waals surface area contributed by atoms with Gasteiger partial charge in [0.25, 0.3) is 0 Å². The van der Waals surface area contributed by atoms with Gasteiger partial charge in [0.1, 0.15) is 6.61 Å². The van der Waals surface area contributed by atoms with E-state index in [1.807, 2.05) is 29.2 Å². The number of rotatable bonds is 9. The Bertz CT molecular complexity index is 745. The molecular weight excluding hydrogens is 384 g/mol. The fourth-order valence-corrected chi connectivity index (χ4v) is 4.30. The second-order valence-electron chi connectivity index (χ2n) is 8.02. The minimum Gasteiger partial charge on any atom is -0.464 e. The maximum absolute atomic E-state index is 12.9. The van der Waals surface area contributed by atoms with Crippen LogP contribution < -0.4 is 5.32 Å². The van der Waals surface area contributed by atoms with Crippen LogP contribution in [0.1, 0.15) is 70.0 Å². The molecule has 1 aliphatic heterocycles. The number of nitrogens with zero attached hydrogens (tertiary/aromatic N) is 1. The molecule has 7 nitrogen and oxygen atoms in total. The molecule has 2 aliphatic rings. The van der Waals surface area contributed by atoms with E-state index in [0.29, 0.717) is 32.4 Å². The van der Waals surface area contributed by atoms with Crippen molar-refractivity contribution < 1.29 is 23.9 Å². The van der Waals surface area contributed by atoms with E-state index in [4.69, 9.17) is 9.47 Å². The number of amides is 2. The van der Waals surface area contributed by atoms with Crippen LogP contribution in [0.5, 0.6) is 0 Å². The predicted octanol–water partition coefficient (Wildman–Crippen LogP) is 3.59. The third kappa shape index (κ3) is 6.29. The van der Waals surface area contributed by atoms with E-state index in [-0.39, 0.29) is 36.5 Å². The molecule has 1 fully saturated rings. The molecule has 0 aromatic heterocycles. The number of hydrogen-bond donors (Lipinski definition) is 1. The van der Waals surface area contributed by atoms with Gasteiger partial charge in [-0.3, -0.25) is 14.4 Å². The molecule has 30 heavy (non-hydrogen) atoms. The van der Waals surface area contributed by atoms with Crippen molar-refractivity contribution in [2.45, 2.75) is 70.4 Å². The van der Waals surface area contributed by atoms with Gasteiger partial charge in [0.15, 0.2) is 0 Å². The van der Waals surface area contributed by atoms with Crippen molar-refractivity contribution >= 4 is 23.5 Å². The third-order valence-corrected chi connectivity index (χ3v) is 5.78. The van der Waals surface area contributed by atoms with Crippen LogP contribution in [0.3, 0.4) is 0 Å². The molecule has 7 heteroatoms. The molecule has 0 spiro atoms. The first-order valence-corrected chi connectivity index (χ1v) is 11.0. The van der Waals surface area contributed by atoms with Crippen LogP contribution in [-0.4, -0.2) is 48.5 Å². The average molecular weight is 417 g/mol. The summed E-state index contributed by atoms with van der Waals surface area (Å²) < 4.78 is 11.0. The molecular formula is C23H32N2O5. The highest BCUT2D eigenvalue weighted by Crippen LogP contribution is 2.32. The van der Waals surface area contributed by atoms with E-state index in [1.165, 1.54) is 13.3 Å². The monoisotopic (exact) mass is 416 g/mol. The second-order valence-corrected chi connectivity index (χ2v) is 8.02. The first-order valence-electron chi connectivity index (χ1n) is 11.0. The van der Waals surface area contributed by atoms with Crippen molar-refractivity contribution in [1.29, 1.82) is 0 Å². The normalized spacial score (nSPS) is 19.0. The van der Waals surface area contributed by atoms with E-state index in [1.54, 1.807) is 0 Å². The first kappa shape index (κ1) is 22.3. The molecule has 0 bridgehead atoms. The molecule has 1 atom stereocenters. The summed E-state index contributed by atoms with van der Waals surface area (Å²) >= 11 is 0. The molecule has 1 aliphatic carbocycles. The fraction of sp³-hybridized carbons (Fsp3) is 0.609. The van der Waals surface area contributed by atoms with Gasteiger partial charge >= 0.3 is 5.97 Å². The zero-order valence-electron chi connectivity index (χ0n) is 17.7. The summed E-state index contributed by atoms with van der Waals surface area (Å²) in [5.41, 5.74) is 1.78. The molecule has 1 heterocycles. The lowest BCUT2D eigenvalue weighted by atomic mass is 9.94. The maximum atomic E-state index is 12.9. The Morgan fingerprint density at radius 1 is 1.13 bits per heavy atom. The highest BCUT2D eigenvalue weighted by atomic mass is 16.5. The quantitative estimate of drug-likeness (QED) is 0.491. The van der Waals surface area contributed by atoms with E-state index in [0.717, 1.165) is 36.9 Å². The van der Waals surface area contributed by atoms with Crippen molar-refractivity contribution in [1.82, 2.24) is 4.90 Å². The molecule has 1 aromatic rings. The van der Waals surface area contributed by atoms with E-state index in [2.05, 4.69) is 5.32 Å². The Morgan fingerprint density at radius 3 is 2.67 bits per heavy atom. The highest BCUT2D eigenvalue weighted by molar-refractivity contribution is 5.94. The summed E-state index contributed by atoms with van der Waals surface area (Å²) in [5.74, 6) is -0.292. The number of hydrogen-bond acceptors (Lipinski definition) is 5. The van der Waals surface area contributed by atoms with Crippen molar-refractivity contribution in [3.8, 4) is 0 Å². The SMILES string of the molecule is CC(=O)OCCN(C(=O)CCCOC1CC(=O)Nc2ccccc21)C1CCCCC1. The average Bonchev–Trinajstić information content (AvgIpc) is 2.74. The molecule has 1 aromatic carbocycles. The van der Waals surface area contributed by atoms with Crippen LogP contribution in [0, 0.1) is 0 Å². The van der Waals surface area contributed by atoms with Gasteiger partial charge in [0.05, 0.1) is 19.1 Å². The molecule has 1 N–H and O–H groups in total. The number of esters is 1. The summed E-state index contributed by atoms with van der Waals surface area (Å²) in [4.78, 5) is 37.8. The summed E-state index contributed by atoms with van der Waals surface area (Å²) in [6, 6.07) is 7.88. The minimum absolute atomic E-state index is 0.0521. The van der Waals surface area contributed by atoms with Gasteiger partial charge < -0.3 is 19.7 Å². The number of para-hydroxylation sites is 1. The fourth-order valence-electron chi connectivity index (χ4n) is 4.30. The summed E-state index contributed by atoms with van der Waals surface area (Å²) in [7, 11) is 0. The van der Waals surface area contributed by atoms with Crippen molar-refractivity contribution in [2.75, 3.05) is 25.1 Å². The van der Waals surface area contributed by atoms with Gasteiger partial charge in [-0.05, 0) is 25.3 Å². The lowest BCUT2D eigenvalue weighted by Crippen LogP contribution is -2.43. The predicted molar refractivity (Wildman–Crippen MR) is 113 cm³/mol. The van der Waals surface area contributed by atoms with E-state index >= 15 is 0 Å². The van der Waals surface area contributed by atoms with E-state index in [9.17, 15) is 14.4 Å². The topological polar surface area (TPSA) is 84.9 Å². The van der Waals surface area contributed by atoms with Crippen LogP contribution in [0.25, 0.3) is 0 Å². The summed E-state index contributed by atoms with van der Waals surface area (Å²) in [6.07, 6.45) is 6.50. The van der Waals surface area contributed by atoms with Gasteiger partial charge in [-0.25, -0.2) is 0 Å². The zero-order chi connectivity index (χ0) is 21.3. The summed E-state index contributed by atoms with van der Waals surface area (Å²) in [5, 5.41) is 2.86. The van der Waals surface area contributed by atoms with Crippen LogP contribution in [0.2, 0.25) is 0 Å².